The normalized spacial score (nSPS) is 47.6. The maximum Gasteiger partial charge on any atom is -0.00362 e. The Morgan fingerprint density at radius 3 is 2.21 bits per heavy atom. The van der Waals surface area contributed by atoms with Gasteiger partial charge in [0.2, 0.25) is 0 Å². The van der Waals surface area contributed by atoms with Gasteiger partial charge in [-0.1, -0.05) is 50.6 Å². The van der Waals surface area contributed by atoms with Crippen LogP contribution in [0, 0.1) is 23.2 Å². The molecule has 102 valence electrons. The van der Waals surface area contributed by atoms with Crippen molar-refractivity contribution in [2.24, 2.45) is 23.2 Å². The first kappa shape index (κ1) is 12.0. The van der Waals surface area contributed by atoms with Crippen LogP contribution in [0.15, 0.2) is 30.3 Å². The number of benzene rings is 1. The molecule has 0 aromatic heterocycles. The van der Waals surface area contributed by atoms with Gasteiger partial charge < -0.3 is 0 Å². The second-order valence-electron chi connectivity index (χ2n) is 7.87. The molecule has 1 aromatic carbocycles. The Kier molecular flexibility index (Phi) is 2.44. The van der Waals surface area contributed by atoms with Gasteiger partial charge in [0.1, 0.15) is 0 Å². The van der Waals surface area contributed by atoms with E-state index in [0.29, 0.717) is 10.8 Å². The highest BCUT2D eigenvalue weighted by atomic mass is 14.6. The summed E-state index contributed by atoms with van der Waals surface area (Å²) >= 11 is 0. The predicted molar refractivity (Wildman–Crippen MR) is 80.1 cm³/mol. The Hall–Kier alpha value is -0.780. The van der Waals surface area contributed by atoms with Gasteiger partial charge in [0.25, 0.3) is 0 Å². The lowest BCUT2D eigenvalue weighted by Gasteiger charge is -2.65. The van der Waals surface area contributed by atoms with E-state index < -0.39 is 0 Å². The summed E-state index contributed by atoms with van der Waals surface area (Å²) in [5.41, 5.74) is 2.87. The lowest BCUT2D eigenvalue weighted by atomic mass is 9.40. The van der Waals surface area contributed by atoms with Crippen molar-refractivity contribution < 1.29 is 0 Å². The van der Waals surface area contributed by atoms with Crippen LogP contribution in [0.25, 0.3) is 0 Å². The van der Waals surface area contributed by atoms with Gasteiger partial charge in [-0.05, 0) is 66.3 Å². The molecule has 4 saturated carbocycles. The van der Waals surface area contributed by atoms with Crippen LogP contribution in [0.3, 0.4) is 0 Å². The molecule has 0 aliphatic heterocycles. The smallest absolute Gasteiger partial charge is 0.00362 e. The summed E-state index contributed by atoms with van der Waals surface area (Å²) in [6.07, 6.45) is 8.86. The zero-order chi connectivity index (χ0) is 13.1. The van der Waals surface area contributed by atoms with Gasteiger partial charge in [0.15, 0.2) is 0 Å². The molecular weight excluding hydrogens is 228 g/mol. The Labute approximate surface area is 117 Å². The standard InChI is InChI=1S/C19H26/c1-3-18-9-15-11-19(13-18,12-16(10-18)14(15)2)17-7-5-4-6-8-17/h4-8,14-16H,3,9-13H2,1-2H3. The summed E-state index contributed by atoms with van der Waals surface area (Å²) < 4.78 is 0. The van der Waals surface area contributed by atoms with E-state index in [2.05, 4.69) is 44.2 Å². The van der Waals surface area contributed by atoms with Gasteiger partial charge in [0, 0.05) is 0 Å². The van der Waals surface area contributed by atoms with Crippen molar-refractivity contribution in [1.82, 2.24) is 0 Å². The van der Waals surface area contributed by atoms with Gasteiger partial charge in [-0.2, -0.15) is 0 Å². The van der Waals surface area contributed by atoms with Crippen LogP contribution in [0.1, 0.15) is 57.9 Å². The van der Waals surface area contributed by atoms with Crippen molar-refractivity contribution in [3.05, 3.63) is 35.9 Å². The maximum absolute atomic E-state index is 2.54. The van der Waals surface area contributed by atoms with Gasteiger partial charge in [-0.15, -0.1) is 0 Å². The SMILES string of the molecule is CCC12CC3CC(c4ccccc4)(CC(C1)C3C)C2. The van der Waals surface area contributed by atoms with Crippen molar-refractivity contribution in [3.63, 3.8) is 0 Å². The number of rotatable bonds is 2. The van der Waals surface area contributed by atoms with Gasteiger partial charge in [-0.3, -0.25) is 0 Å². The molecule has 0 amide bonds. The van der Waals surface area contributed by atoms with E-state index in [9.17, 15) is 0 Å². The summed E-state index contributed by atoms with van der Waals surface area (Å²) in [7, 11) is 0. The molecule has 1 aromatic rings. The molecule has 2 atom stereocenters. The van der Waals surface area contributed by atoms with Gasteiger partial charge >= 0.3 is 0 Å². The third-order valence-corrected chi connectivity index (χ3v) is 7.03. The number of hydrogen-bond acceptors (Lipinski definition) is 0. The summed E-state index contributed by atoms with van der Waals surface area (Å²) in [5, 5.41) is 0. The molecule has 0 heterocycles. The summed E-state index contributed by atoms with van der Waals surface area (Å²) in [4.78, 5) is 0. The molecule has 19 heavy (non-hydrogen) atoms. The van der Waals surface area contributed by atoms with Crippen molar-refractivity contribution in [3.8, 4) is 0 Å². The highest BCUT2D eigenvalue weighted by Gasteiger charge is 2.59. The zero-order valence-electron chi connectivity index (χ0n) is 12.4. The van der Waals surface area contributed by atoms with Crippen LogP contribution in [-0.4, -0.2) is 0 Å². The first-order chi connectivity index (χ1) is 9.16. The fourth-order valence-electron chi connectivity index (χ4n) is 6.11. The van der Waals surface area contributed by atoms with E-state index in [-0.39, 0.29) is 0 Å². The van der Waals surface area contributed by atoms with Crippen LogP contribution >= 0.6 is 0 Å². The van der Waals surface area contributed by atoms with Crippen LogP contribution in [0.4, 0.5) is 0 Å². The second-order valence-corrected chi connectivity index (χ2v) is 7.87. The van der Waals surface area contributed by atoms with Crippen molar-refractivity contribution in [1.29, 1.82) is 0 Å². The molecule has 0 spiro atoms. The van der Waals surface area contributed by atoms with E-state index in [0.717, 1.165) is 17.8 Å². The predicted octanol–water partition coefficient (Wildman–Crippen LogP) is 5.18. The lowest BCUT2D eigenvalue weighted by Crippen LogP contribution is -2.56. The largest absolute Gasteiger partial charge is 0.0649 e. The molecule has 5 rings (SSSR count). The maximum atomic E-state index is 2.54. The van der Waals surface area contributed by atoms with Crippen LogP contribution in [0.5, 0.6) is 0 Å². The van der Waals surface area contributed by atoms with Crippen molar-refractivity contribution in [2.45, 2.75) is 57.8 Å². The van der Waals surface area contributed by atoms with Crippen LogP contribution < -0.4 is 0 Å². The highest BCUT2D eigenvalue weighted by molar-refractivity contribution is 5.30. The van der Waals surface area contributed by atoms with Crippen LogP contribution in [0.2, 0.25) is 0 Å². The van der Waals surface area contributed by atoms with Crippen molar-refractivity contribution in [2.75, 3.05) is 0 Å². The minimum Gasteiger partial charge on any atom is -0.0649 e. The Balaban J connectivity index is 1.79. The topological polar surface area (TPSA) is 0 Å². The third kappa shape index (κ3) is 1.58. The Morgan fingerprint density at radius 1 is 1.00 bits per heavy atom. The first-order valence-corrected chi connectivity index (χ1v) is 8.22. The Morgan fingerprint density at radius 2 is 1.63 bits per heavy atom. The van der Waals surface area contributed by atoms with E-state index in [1.54, 1.807) is 5.56 Å². The fraction of sp³-hybridized carbons (Fsp3) is 0.684. The molecule has 0 N–H and O–H groups in total. The molecule has 4 aliphatic carbocycles. The van der Waals surface area contributed by atoms with Crippen molar-refractivity contribution >= 4 is 0 Å². The fourth-order valence-corrected chi connectivity index (χ4v) is 6.11. The van der Waals surface area contributed by atoms with E-state index in [1.165, 1.54) is 38.5 Å². The van der Waals surface area contributed by atoms with Gasteiger partial charge in [0.05, 0.1) is 0 Å². The van der Waals surface area contributed by atoms with E-state index in [4.69, 9.17) is 0 Å². The molecule has 0 saturated heterocycles. The van der Waals surface area contributed by atoms with E-state index >= 15 is 0 Å². The molecule has 0 nitrogen and oxygen atoms in total. The summed E-state index contributed by atoms with van der Waals surface area (Å²) in [6.45, 7) is 4.98. The average Bonchev–Trinajstić information content (AvgIpc) is 2.45. The average molecular weight is 254 g/mol. The molecular formula is C19H26. The van der Waals surface area contributed by atoms with Gasteiger partial charge in [-0.25, -0.2) is 0 Å². The first-order valence-electron chi connectivity index (χ1n) is 8.22. The molecule has 4 aliphatic rings. The highest BCUT2D eigenvalue weighted by Crippen LogP contribution is 2.68. The molecule has 0 heteroatoms. The molecule has 4 fully saturated rings. The minimum atomic E-state index is 0.537. The monoisotopic (exact) mass is 254 g/mol. The lowest BCUT2D eigenvalue weighted by molar-refractivity contribution is -0.108. The zero-order valence-corrected chi connectivity index (χ0v) is 12.4. The third-order valence-electron chi connectivity index (χ3n) is 7.03. The van der Waals surface area contributed by atoms with E-state index in [1.807, 2.05) is 0 Å². The minimum absolute atomic E-state index is 0.537. The Bertz CT molecular complexity index is 456. The quantitative estimate of drug-likeness (QED) is 0.682. The second kappa shape index (κ2) is 3.87. The number of hydrogen-bond donors (Lipinski definition) is 0. The molecule has 2 unspecified atom stereocenters. The van der Waals surface area contributed by atoms with Crippen LogP contribution in [-0.2, 0) is 5.41 Å². The summed E-state index contributed by atoms with van der Waals surface area (Å²) in [5.74, 6) is 2.99. The molecule has 4 bridgehead atoms. The summed E-state index contributed by atoms with van der Waals surface area (Å²) in [6, 6.07) is 11.5. The molecule has 0 radical (unpaired) electrons.